The highest BCUT2D eigenvalue weighted by Gasteiger charge is 2.31. The molecule has 1 heterocycles. The second-order valence-corrected chi connectivity index (χ2v) is 6.91. The van der Waals surface area contributed by atoms with Crippen molar-refractivity contribution in [2.75, 3.05) is 43.5 Å². The number of carbonyl (C=O) groups is 1. The van der Waals surface area contributed by atoms with Crippen molar-refractivity contribution < 1.29 is 22.7 Å². The second-order valence-electron chi connectivity index (χ2n) is 6.52. The van der Waals surface area contributed by atoms with Gasteiger partial charge in [0, 0.05) is 37.6 Å². The van der Waals surface area contributed by atoms with Crippen molar-refractivity contribution in [3.8, 4) is 0 Å². The summed E-state index contributed by atoms with van der Waals surface area (Å²) in [5.74, 6) is -0.412. The lowest BCUT2D eigenvalue weighted by Crippen LogP contribution is -2.50. The van der Waals surface area contributed by atoms with Gasteiger partial charge in [-0.2, -0.15) is 13.2 Å². The molecular formula is C20H20F3N3O2S. The Morgan fingerprint density at radius 1 is 1.07 bits per heavy atom. The molecule has 0 unspecified atom stereocenters. The minimum atomic E-state index is -4.35. The first kappa shape index (κ1) is 20.9. The number of nitrogens with one attached hydrogen (secondary N) is 1. The molecule has 0 aliphatic carbocycles. The van der Waals surface area contributed by atoms with Crippen molar-refractivity contribution in [3.63, 3.8) is 0 Å². The number of methoxy groups -OCH3 is 1. The monoisotopic (exact) mass is 423 g/mol. The van der Waals surface area contributed by atoms with E-state index < -0.39 is 17.7 Å². The maximum atomic E-state index is 12.9. The van der Waals surface area contributed by atoms with E-state index in [1.807, 2.05) is 9.80 Å². The fraction of sp³-hybridized carbons (Fsp3) is 0.300. The van der Waals surface area contributed by atoms with Crippen molar-refractivity contribution >= 4 is 34.7 Å². The molecule has 0 amide bonds. The van der Waals surface area contributed by atoms with Gasteiger partial charge in [-0.3, -0.25) is 0 Å². The molecule has 0 spiro atoms. The summed E-state index contributed by atoms with van der Waals surface area (Å²) < 4.78 is 43.4. The van der Waals surface area contributed by atoms with E-state index in [2.05, 4.69) is 10.1 Å². The van der Waals surface area contributed by atoms with E-state index in [0.717, 1.165) is 11.8 Å². The molecule has 29 heavy (non-hydrogen) atoms. The molecule has 0 aromatic heterocycles. The normalized spacial score (nSPS) is 14.5. The average molecular weight is 423 g/mol. The van der Waals surface area contributed by atoms with E-state index in [1.165, 1.54) is 19.2 Å². The van der Waals surface area contributed by atoms with Crippen LogP contribution in [0.4, 0.5) is 24.5 Å². The van der Waals surface area contributed by atoms with Crippen LogP contribution in [0.1, 0.15) is 15.9 Å². The molecule has 9 heteroatoms. The smallest absolute Gasteiger partial charge is 0.416 e. The minimum Gasteiger partial charge on any atom is -0.465 e. The van der Waals surface area contributed by atoms with Crippen LogP contribution in [0.2, 0.25) is 0 Å². The third kappa shape index (κ3) is 5.17. The molecule has 0 saturated carbocycles. The molecule has 0 radical (unpaired) electrons. The minimum absolute atomic E-state index is 0.412. The van der Waals surface area contributed by atoms with E-state index in [0.29, 0.717) is 42.5 Å². The highest BCUT2D eigenvalue weighted by molar-refractivity contribution is 7.80. The molecule has 1 fully saturated rings. The number of halogens is 3. The number of nitrogens with zero attached hydrogens (tertiary/aromatic N) is 2. The summed E-state index contributed by atoms with van der Waals surface area (Å²) in [6.07, 6.45) is -4.35. The predicted octanol–water partition coefficient (Wildman–Crippen LogP) is 4.01. The Bertz CT molecular complexity index is 879. The predicted molar refractivity (Wildman–Crippen MR) is 109 cm³/mol. The Kier molecular flexibility index (Phi) is 6.26. The standard InChI is InChI=1S/C20H20F3N3O2S/c1-28-18(27)14-5-7-16(8-6-14)24-19(29)26-11-9-25(10-12-26)17-4-2-3-15(13-17)20(21,22)23/h2-8,13H,9-12H2,1H3,(H,24,29). The van der Waals surface area contributed by atoms with Crippen molar-refractivity contribution in [1.29, 1.82) is 0 Å². The van der Waals surface area contributed by atoms with Crippen LogP contribution >= 0.6 is 12.2 Å². The number of piperazine rings is 1. The second kappa shape index (κ2) is 8.69. The van der Waals surface area contributed by atoms with Gasteiger partial charge in [-0.05, 0) is 54.7 Å². The highest BCUT2D eigenvalue weighted by atomic mass is 32.1. The number of alkyl halides is 3. The molecule has 2 aromatic rings. The van der Waals surface area contributed by atoms with Gasteiger partial charge in [0.15, 0.2) is 5.11 Å². The van der Waals surface area contributed by atoms with Gasteiger partial charge < -0.3 is 19.9 Å². The molecular weight excluding hydrogens is 403 g/mol. The topological polar surface area (TPSA) is 44.8 Å². The largest absolute Gasteiger partial charge is 0.465 e. The number of anilines is 2. The van der Waals surface area contributed by atoms with Crippen LogP contribution in [0.25, 0.3) is 0 Å². The van der Waals surface area contributed by atoms with E-state index >= 15 is 0 Å². The number of ether oxygens (including phenoxy) is 1. The molecule has 1 aliphatic heterocycles. The fourth-order valence-corrected chi connectivity index (χ4v) is 3.36. The molecule has 3 rings (SSSR count). The van der Waals surface area contributed by atoms with Crippen LogP contribution in [-0.2, 0) is 10.9 Å². The number of hydrogen-bond acceptors (Lipinski definition) is 4. The van der Waals surface area contributed by atoms with Crippen molar-refractivity contribution in [2.24, 2.45) is 0 Å². The first-order valence-electron chi connectivity index (χ1n) is 8.94. The van der Waals surface area contributed by atoms with Crippen LogP contribution in [0.5, 0.6) is 0 Å². The third-order valence-electron chi connectivity index (χ3n) is 4.66. The maximum Gasteiger partial charge on any atom is 0.416 e. The Hall–Kier alpha value is -2.81. The van der Waals surface area contributed by atoms with Gasteiger partial charge in [-0.15, -0.1) is 0 Å². The summed E-state index contributed by atoms with van der Waals surface area (Å²) in [6, 6.07) is 12.1. The number of rotatable bonds is 3. The Morgan fingerprint density at radius 3 is 2.31 bits per heavy atom. The molecule has 1 saturated heterocycles. The van der Waals surface area contributed by atoms with Crippen LogP contribution < -0.4 is 10.2 Å². The van der Waals surface area contributed by atoms with E-state index in [4.69, 9.17) is 12.2 Å². The lowest BCUT2D eigenvalue weighted by atomic mass is 10.1. The number of benzene rings is 2. The maximum absolute atomic E-state index is 12.9. The van der Waals surface area contributed by atoms with E-state index in [9.17, 15) is 18.0 Å². The Morgan fingerprint density at radius 2 is 1.72 bits per heavy atom. The highest BCUT2D eigenvalue weighted by Crippen LogP contribution is 2.31. The summed E-state index contributed by atoms with van der Waals surface area (Å²) >= 11 is 5.44. The number of hydrogen-bond donors (Lipinski definition) is 1. The van der Waals surface area contributed by atoms with Crippen molar-refractivity contribution in [3.05, 3.63) is 59.7 Å². The zero-order chi connectivity index (χ0) is 21.0. The Balaban J connectivity index is 1.56. The number of thiocarbonyl (C=S) groups is 1. The van der Waals surface area contributed by atoms with Gasteiger partial charge in [0.2, 0.25) is 0 Å². The molecule has 5 nitrogen and oxygen atoms in total. The SMILES string of the molecule is COC(=O)c1ccc(NC(=S)N2CCN(c3cccc(C(F)(F)F)c3)CC2)cc1. The molecule has 2 aromatic carbocycles. The number of carbonyl (C=O) groups excluding carboxylic acids is 1. The molecule has 154 valence electrons. The Labute approximate surface area is 172 Å². The van der Waals surface area contributed by atoms with Crippen LogP contribution in [-0.4, -0.2) is 49.3 Å². The average Bonchev–Trinajstić information content (AvgIpc) is 2.73. The molecule has 0 bridgehead atoms. The summed E-state index contributed by atoms with van der Waals surface area (Å²) in [5, 5.41) is 3.64. The van der Waals surface area contributed by atoms with Gasteiger partial charge in [0.1, 0.15) is 0 Å². The van der Waals surface area contributed by atoms with Crippen LogP contribution in [0, 0.1) is 0 Å². The lowest BCUT2D eigenvalue weighted by molar-refractivity contribution is -0.137. The summed E-state index contributed by atoms with van der Waals surface area (Å²) in [4.78, 5) is 15.4. The van der Waals surface area contributed by atoms with Gasteiger partial charge in [0.25, 0.3) is 0 Å². The van der Waals surface area contributed by atoms with E-state index in [1.54, 1.807) is 30.3 Å². The van der Waals surface area contributed by atoms with Crippen LogP contribution in [0.3, 0.4) is 0 Å². The zero-order valence-corrected chi connectivity index (χ0v) is 16.5. The van der Waals surface area contributed by atoms with Crippen molar-refractivity contribution in [1.82, 2.24) is 4.90 Å². The van der Waals surface area contributed by atoms with Gasteiger partial charge >= 0.3 is 12.1 Å². The molecule has 1 N–H and O–H groups in total. The third-order valence-corrected chi connectivity index (χ3v) is 5.02. The van der Waals surface area contributed by atoms with Gasteiger partial charge in [0.05, 0.1) is 18.2 Å². The quantitative estimate of drug-likeness (QED) is 0.595. The molecule has 1 aliphatic rings. The van der Waals surface area contributed by atoms with Gasteiger partial charge in [-0.1, -0.05) is 6.07 Å². The summed E-state index contributed by atoms with van der Waals surface area (Å²) in [7, 11) is 1.32. The molecule has 0 atom stereocenters. The first-order valence-corrected chi connectivity index (χ1v) is 9.35. The summed E-state index contributed by atoms with van der Waals surface area (Å²) in [6.45, 7) is 2.29. The van der Waals surface area contributed by atoms with E-state index in [-0.39, 0.29) is 0 Å². The van der Waals surface area contributed by atoms with Crippen LogP contribution in [0.15, 0.2) is 48.5 Å². The van der Waals surface area contributed by atoms with Crippen molar-refractivity contribution in [2.45, 2.75) is 6.18 Å². The fourth-order valence-electron chi connectivity index (χ4n) is 3.06. The first-order chi connectivity index (χ1) is 13.8. The zero-order valence-electron chi connectivity index (χ0n) is 15.7. The lowest BCUT2D eigenvalue weighted by Gasteiger charge is -2.37. The van der Waals surface area contributed by atoms with Gasteiger partial charge in [-0.25, -0.2) is 4.79 Å². The number of esters is 1. The summed E-state index contributed by atoms with van der Waals surface area (Å²) in [5.41, 5.74) is 1.09.